The molecule has 2 N–H and O–H groups in total. The first kappa shape index (κ1) is 22.4. The quantitative estimate of drug-likeness (QED) is 0.704. The predicted octanol–water partition coefficient (Wildman–Crippen LogP) is 3.68. The van der Waals surface area contributed by atoms with Crippen molar-refractivity contribution < 1.29 is 18.7 Å². The molecule has 0 aliphatic heterocycles. The van der Waals surface area contributed by atoms with Crippen LogP contribution in [0.25, 0.3) is 0 Å². The van der Waals surface area contributed by atoms with E-state index in [1.807, 2.05) is 0 Å². The highest BCUT2D eigenvalue weighted by atomic mass is 16.5. The van der Waals surface area contributed by atoms with Gasteiger partial charge in [-0.1, -0.05) is 13.8 Å². The Hall–Kier alpha value is -2.93. The van der Waals surface area contributed by atoms with Gasteiger partial charge < -0.3 is 19.8 Å². The van der Waals surface area contributed by atoms with Crippen LogP contribution in [0.5, 0.6) is 0 Å². The molecule has 7 heteroatoms. The largest absolute Gasteiger partial charge is 0.427 e. The Morgan fingerprint density at radius 2 is 1.83 bits per heavy atom. The van der Waals surface area contributed by atoms with Crippen molar-refractivity contribution in [1.82, 2.24) is 0 Å². The van der Waals surface area contributed by atoms with E-state index >= 15 is 0 Å². The van der Waals surface area contributed by atoms with Gasteiger partial charge in [-0.05, 0) is 61.6 Å². The zero-order chi connectivity index (χ0) is 21.6. The van der Waals surface area contributed by atoms with Crippen LogP contribution in [-0.4, -0.2) is 25.5 Å². The van der Waals surface area contributed by atoms with E-state index in [-0.39, 0.29) is 18.1 Å². The van der Waals surface area contributed by atoms with Crippen molar-refractivity contribution in [3.63, 3.8) is 0 Å². The summed E-state index contributed by atoms with van der Waals surface area (Å²) in [5.74, 6) is 0.291. The fraction of sp³-hybridized carbons (Fsp3) is 0.409. The standard InChI is InChI=1S/C22H28N2O5/c1-13(2)6-8-17-11-15(4)20(22(27)29-17)21(26)23-16-7-9-18(14(3)10-16)24-19(25)12-28-5/h7,9-11,13H,6,8,12H2,1-5H3,(H,23,26)(H,24,25). The maximum absolute atomic E-state index is 12.6. The fourth-order valence-corrected chi connectivity index (χ4v) is 2.89. The van der Waals surface area contributed by atoms with Gasteiger partial charge in [0, 0.05) is 24.9 Å². The van der Waals surface area contributed by atoms with Crippen LogP contribution in [0.4, 0.5) is 11.4 Å². The lowest BCUT2D eigenvalue weighted by Gasteiger charge is -2.12. The highest BCUT2D eigenvalue weighted by molar-refractivity contribution is 6.05. The molecule has 0 saturated carbocycles. The number of carbonyl (C=O) groups excluding carboxylic acids is 2. The Bertz CT molecular complexity index is 947. The normalized spacial score (nSPS) is 10.8. The molecule has 0 spiro atoms. The minimum Gasteiger partial charge on any atom is -0.427 e. The van der Waals surface area contributed by atoms with Crippen LogP contribution in [0.2, 0.25) is 0 Å². The van der Waals surface area contributed by atoms with Crippen LogP contribution in [0.3, 0.4) is 0 Å². The summed E-state index contributed by atoms with van der Waals surface area (Å²) in [7, 11) is 1.44. The van der Waals surface area contributed by atoms with Gasteiger partial charge >= 0.3 is 5.63 Å². The van der Waals surface area contributed by atoms with Crippen molar-refractivity contribution in [3.05, 3.63) is 57.1 Å². The van der Waals surface area contributed by atoms with E-state index in [1.54, 1.807) is 38.1 Å². The molecule has 2 aromatic rings. The van der Waals surface area contributed by atoms with Gasteiger partial charge in [0.1, 0.15) is 17.9 Å². The van der Waals surface area contributed by atoms with Gasteiger partial charge in [-0.15, -0.1) is 0 Å². The van der Waals surface area contributed by atoms with Gasteiger partial charge in [0.25, 0.3) is 5.91 Å². The molecular weight excluding hydrogens is 372 g/mol. The van der Waals surface area contributed by atoms with Crippen molar-refractivity contribution >= 4 is 23.2 Å². The Labute approximate surface area is 170 Å². The number of anilines is 2. The number of methoxy groups -OCH3 is 1. The molecule has 1 aromatic heterocycles. The van der Waals surface area contributed by atoms with Crippen molar-refractivity contribution in [3.8, 4) is 0 Å². The van der Waals surface area contributed by atoms with E-state index in [4.69, 9.17) is 9.15 Å². The second kappa shape index (κ2) is 10.0. The Morgan fingerprint density at radius 1 is 1.10 bits per heavy atom. The van der Waals surface area contributed by atoms with Crippen LogP contribution in [0.1, 0.15) is 47.5 Å². The second-order valence-electron chi connectivity index (χ2n) is 7.46. The lowest BCUT2D eigenvalue weighted by molar-refractivity contribution is -0.119. The SMILES string of the molecule is COCC(=O)Nc1ccc(NC(=O)c2c(C)cc(CCC(C)C)oc2=O)cc1C. The molecule has 1 aromatic carbocycles. The molecule has 0 saturated heterocycles. The van der Waals surface area contributed by atoms with Crippen LogP contribution in [0, 0.1) is 19.8 Å². The van der Waals surface area contributed by atoms with Crippen LogP contribution in [0.15, 0.2) is 33.5 Å². The topological polar surface area (TPSA) is 97.6 Å². The summed E-state index contributed by atoms with van der Waals surface area (Å²) in [4.78, 5) is 36.6. The fourth-order valence-electron chi connectivity index (χ4n) is 2.89. The number of rotatable bonds is 8. The van der Waals surface area contributed by atoms with Crippen molar-refractivity contribution in [1.29, 1.82) is 0 Å². The first-order chi connectivity index (χ1) is 13.7. The molecule has 2 rings (SSSR count). The molecule has 0 radical (unpaired) electrons. The minimum absolute atomic E-state index is 0.00609. The maximum Gasteiger partial charge on any atom is 0.349 e. The number of nitrogens with one attached hydrogen (secondary N) is 2. The summed E-state index contributed by atoms with van der Waals surface area (Å²) >= 11 is 0. The second-order valence-corrected chi connectivity index (χ2v) is 7.46. The molecule has 0 bridgehead atoms. The van der Waals surface area contributed by atoms with Gasteiger partial charge in [-0.3, -0.25) is 9.59 Å². The van der Waals surface area contributed by atoms with Gasteiger partial charge in [-0.2, -0.15) is 0 Å². The molecule has 2 amide bonds. The predicted molar refractivity (Wildman–Crippen MR) is 113 cm³/mol. The number of ether oxygens (including phenoxy) is 1. The minimum atomic E-state index is -0.638. The Kier molecular flexibility index (Phi) is 7.73. The number of hydrogen-bond donors (Lipinski definition) is 2. The summed E-state index contributed by atoms with van der Waals surface area (Å²) < 4.78 is 10.1. The molecular formula is C22H28N2O5. The lowest BCUT2D eigenvalue weighted by atomic mass is 10.0. The van der Waals surface area contributed by atoms with E-state index in [1.165, 1.54) is 7.11 Å². The number of carbonyl (C=O) groups is 2. The number of aryl methyl sites for hydroxylation is 3. The number of benzene rings is 1. The third-order valence-corrected chi connectivity index (χ3v) is 4.43. The molecule has 0 aliphatic carbocycles. The summed E-state index contributed by atoms with van der Waals surface area (Å²) in [6.45, 7) is 7.69. The smallest absolute Gasteiger partial charge is 0.349 e. The highest BCUT2D eigenvalue weighted by Crippen LogP contribution is 2.21. The third-order valence-electron chi connectivity index (χ3n) is 4.43. The molecule has 0 unspecified atom stereocenters. The van der Waals surface area contributed by atoms with Crippen molar-refractivity contribution in [2.24, 2.45) is 5.92 Å². The first-order valence-corrected chi connectivity index (χ1v) is 9.55. The van der Waals surface area contributed by atoms with Crippen LogP contribution >= 0.6 is 0 Å². The highest BCUT2D eigenvalue weighted by Gasteiger charge is 2.17. The van der Waals surface area contributed by atoms with Crippen molar-refractivity contribution in [2.45, 2.75) is 40.5 Å². The summed E-state index contributed by atoms with van der Waals surface area (Å²) in [5, 5.41) is 5.45. The molecule has 29 heavy (non-hydrogen) atoms. The van der Waals surface area contributed by atoms with E-state index in [0.717, 1.165) is 12.0 Å². The molecule has 0 fully saturated rings. The van der Waals surface area contributed by atoms with Gasteiger partial charge in [0.15, 0.2) is 0 Å². The van der Waals surface area contributed by atoms with E-state index in [2.05, 4.69) is 24.5 Å². The Morgan fingerprint density at radius 3 is 2.41 bits per heavy atom. The lowest BCUT2D eigenvalue weighted by Crippen LogP contribution is -2.23. The number of amides is 2. The summed E-state index contributed by atoms with van der Waals surface area (Å²) in [6, 6.07) is 6.80. The average molecular weight is 400 g/mol. The molecule has 0 aliphatic rings. The average Bonchev–Trinajstić information content (AvgIpc) is 2.62. The van der Waals surface area contributed by atoms with Crippen molar-refractivity contribution in [2.75, 3.05) is 24.4 Å². The molecule has 156 valence electrons. The molecule has 0 atom stereocenters. The van der Waals surface area contributed by atoms with E-state index < -0.39 is 11.5 Å². The maximum atomic E-state index is 12.6. The van der Waals surface area contributed by atoms with Gasteiger partial charge in [-0.25, -0.2) is 4.79 Å². The van der Waals surface area contributed by atoms with Crippen LogP contribution < -0.4 is 16.3 Å². The van der Waals surface area contributed by atoms with Gasteiger partial charge in [0.05, 0.1) is 0 Å². The van der Waals surface area contributed by atoms with Crippen LogP contribution in [-0.2, 0) is 16.0 Å². The molecule has 7 nitrogen and oxygen atoms in total. The van der Waals surface area contributed by atoms with E-state index in [9.17, 15) is 14.4 Å². The molecule has 1 heterocycles. The monoisotopic (exact) mass is 400 g/mol. The van der Waals surface area contributed by atoms with Gasteiger partial charge in [0.2, 0.25) is 5.91 Å². The van der Waals surface area contributed by atoms with E-state index in [0.29, 0.717) is 35.0 Å². The third kappa shape index (κ3) is 6.29. The number of hydrogen-bond acceptors (Lipinski definition) is 5. The zero-order valence-electron chi connectivity index (χ0n) is 17.5. The summed E-state index contributed by atoms with van der Waals surface area (Å²) in [6.07, 6.45) is 1.56. The first-order valence-electron chi connectivity index (χ1n) is 9.55. The Balaban J connectivity index is 2.15. The summed E-state index contributed by atoms with van der Waals surface area (Å²) in [5.41, 5.74) is 1.84. The zero-order valence-corrected chi connectivity index (χ0v) is 17.5.